The molecule has 0 radical (unpaired) electrons. The molecule has 0 unspecified atom stereocenters. The molecule has 4 rings (SSSR count). The van der Waals surface area contributed by atoms with Crippen LogP contribution in [0, 0.1) is 0 Å². The maximum atomic E-state index is 12.9. The summed E-state index contributed by atoms with van der Waals surface area (Å²) in [5, 5.41) is 0. The summed E-state index contributed by atoms with van der Waals surface area (Å²) in [7, 11) is 1.53. The molecule has 27 heavy (non-hydrogen) atoms. The van der Waals surface area contributed by atoms with Crippen LogP contribution in [-0.4, -0.2) is 57.0 Å². The summed E-state index contributed by atoms with van der Waals surface area (Å²) in [6, 6.07) is 5.39. The molecule has 1 aliphatic heterocycles. The Hall–Kier alpha value is -3.29. The van der Waals surface area contributed by atoms with Gasteiger partial charge in [0, 0.05) is 24.5 Å². The lowest BCUT2D eigenvalue weighted by Crippen LogP contribution is -2.44. The molecule has 2 aromatic heterocycles. The quantitative estimate of drug-likeness (QED) is 0.699. The van der Waals surface area contributed by atoms with Crippen molar-refractivity contribution in [1.82, 2.24) is 24.8 Å². The highest BCUT2D eigenvalue weighted by atomic mass is 16.5. The first-order chi connectivity index (χ1) is 13.2. The lowest BCUT2D eigenvalue weighted by molar-refractivity contribution is 0.0525. The van der Waals surface area contributed by atoms with E-state index in [-0.39, 0.29) is 12.0 Å². The van der Waals surface area contributed by atoms with Crippen molar-refractivity contribution in [2.75, 3.05) is 20.2 Å². The molecule has 1 amide bonds. The van der Waals surface area contributed by atoms with E-state index in [9.17, 15) is 4.79 Å². The number of amides is 1. The number of aromatic nitrogens is 4. The molecule has 8 heteroatoms. The molecule has 1 fully saturated rings. The van der Waals surface area contributed by atoms with Gasteiger partial charge >= 0.3 is 0 Å². The molecule has 138 valence electrons. The molecular weight excluding hydrogens is 346 g/mol. The van der Waals surface area contributed by atoms with Crippen molar-refractivity contribution in [2.45, 2.75) is 18.9 Å². The molecule has 1 saturated heterocycles. The largest absolute Gasteiger partial charge is 0.480 e. The summed E-state index contributed by atoms with van der Waals surface area (Å²) in [6.45, 7) is 1.19. The standard InChI is InChI=1S/C19H19N5O3/c1-26-17-10-20-11-18(23-17)27-14-3-2-8-24(12-14)19(25)13-4-5-15-16(9-13)22-7-6-21-15/h4-7,9-11,14H,2-3,8,12H2,1H3/t14-/m1/s1. The second kappa shape index (κ2) is 7.53. The first kappa shape index (κ1) is 17.1. The number of carbonyl (C=O) groups is 1. The Kier molecular flexibility index (Phi) is 4.78. The minimum Gasteiger partial charge on any atom is -0.480 e. The van der Waals surface area contributed by atoms with Crippen LogP contribution in [0.3, 0.4) is 0 Å². The first-order valence-electron chi connectivity index (χ1n) is 8.75. The summed E-state index contributed by atoms with van der Waals surface area (Å²) in [6.07, 6.45) is 7.91. The van der Waals surface area contributed by atoms with Crippen molar-refractivity contribution in [3.05, 3.63) is 48.5 Å². The van der Waals surface area contributed by atoms with Crippen molar-refractivity contribution in [1.29, 1.82) is 0 Å². The lowest BCUT2D eigenvalue weighted by atomic mass is 10.1. The smallest absolute Gasteiger partial charge is 0.254 e. The number of fused-ring (bicyclic) bond motifs is 1. The second-order valence-electron chi connectivity index (χ2n) is 6.29. The van der Waals surface area contributed by atoms with E-state index < -0.39 is 0 Å². The molecule has 0 bridgehead atoms. The number of piperidine rings is 1. The molecule has 8 nitrogen and oxygen atoms in total. The van der Waals surface area contributed by atoms with E-state index in [1.807, 2.05) is 6.07 Å². The van der Waals surface area contributed by atoms with Crippen molar-refractivity contribution in [3.8, 4) is 11.8 Å². The van der Waals surface area contributed by atoms with Gasteiger partial charge in [-0.1, -0.05) is 0 Å². The second-order valence-corrected chi connectivity index (χ2v) is 6.29. The van der Waals surface area contributed by atoms with E-state index in [0.717, 1.165) is 18.4 Å². The number of methoxy groups -OCH3 is 1. The minimum absolute atomic E-state index is 0.0346. The van der Waals surface area contributed by atoms with E-state index >= 15 is 0 Å². The van der Waals surface area contributed by atoms with Gasteiger partial charge in [0.2, 0.25) is 11.8 Å². The van der Waals surface area contributed by atoms with Crippen LogP contribution in [-0.2, 0) is 0 Å². The van der Waals surface area contributed by atoms with Crippen molar-refractivity contribution in [2.24, 2.45) is 0 Å². The Bertz CT molecular complexity index is 965. The van der Waals surface area contributed by atoms with Gasteiger partial charge in [0.15, 0.2) is 0 Å². The van der Waals surface area contributed by atoms with Crippen LogP contribution < -0.4 is 9.47 Å². The highest BCUT2D eigenvalue weighted by Gasteiger charge is 2.26. The summed E-state index contributed by atoms with van der Waals surface area (Å²) >= 11 is 0. The van der Waals surface area contributed by atoms with Crippen molar-refractivity contribution < 1.29 is 14.3 Å². The van der Waals surface area contributed by atoms with Crippen LogP contribution in [0.5, 0.6) is 11.8 Å². The van der Waals surface area contributed by atoms with Gasteiger partial charge in [0.05, 0.1) is 37.1 Å². The zero-order valence-electron chi connectivity index (χ0n) is 14.9. The van der Waals surface area contributed by atoms with Gasteiger partial charge in [-0.15, -0.1) is 0 Å². The van der Waals surface area contributed by atoms with E-state index in [1.165, 1.54) is 13.3 Å². The number of likely N-dealkylation sites (tertiary alicyclic amines) is 1. The fourth-order valence-corrected chi connectivity index (χ4v) is 3.15. The van der Waals surface area contributed by atoms with Crippen LogP contribution in [0.1, 0.15) is 23.2 Å². The monoisotopic (exact) mass is 365 g/mol. The van der Waals surface area contributed by atoms with Gasteiger partial charge in [-0.2, -0.15) is 4.98 Å². The van der Waals surface area contributed by atoms with Crippen molar-refractivity contribution >= 4 is 16.9 Å². The third-order valence-electron chi connectivity index (χ3n) is 4.47. The molecule has 0 aliphatic carbocycles. The summed E-state index contributed by atoms with van der Waals surface area (Å²) in [5.74, 6) is 0.760. The predicted molar refractivity (Wildman–Crippen MR) is 97.7 cm³/mol. The fourth-order valence-electron chi connectivity index (χ4n) is 3.15. The van der Waals surface area contributed by atoms with Crippen LogP contribution in [0.2, 0.25) is 0 Å². The molecule has 0 spiro atoms. The number of nitrogens with zero attached hydrogens (tertiary/aromatic N) is 5. The minimum atomic E-state index is -0.135. The molecule has 1 aromatic carbocycles. The Morgan fingerprint density at radius 2 is 1.96 bits per heavy atom. The van der Waals surface area contributed by atoms with Gasteiger partial charge < -0.3 is 14.4 Å². The maximum Gasteiger partial charge on any atom is 0.254 e. The van der Waals surface area contributed by atoms with E-state index in [1.54, 1.807) is 35.6 Å². The third kappa shape index (κ3) is 3.79. The number of benzene rings is 1. The number of carbonyl (C=O) groups excluding carboxylic acids is 1. The van der Waals surface area contributed by atoms with Gasteiger partial charge in [0.1, 0.15) is 6.10 Å². The highest BCUT2D eigenvalue weighted by Crippen LogP contribution is 2.20. The van der Waals surface area contributed by atoms with Crippen LogP contribution >= 0.6 is 0 Å². The molecular formula is C19H19N5O3. The van der Waals surface area contributed by atoms with Crippen molar-refractivity contribution in [3.63, 3.8) is 0 Å². The van der Waals surface area contributed by atoms with Crippen LogP contribution in [0.25, 0.3) is 11.0 Å². The normalized spacial score (nSPS) is 16.9. The van der Waals surface area contributed by atoms with E-state index in [2.05, 4.69) is 19.9 Å². The highest BCUT2D eigenvalue weighted by molar-refractivity contribution is 5.97. The summed E-state index contributed by atoms with van der Waals surface area (Å²) in [4.78, 5) is 31.5. The lowest BCUT2D eigenvalue weighted by Gasteiger charge is -2.32. The van der Waals surface area contributed by atoms with Gasteiger partial charge in [-0.25, -0.2) is 0 Å². The predicted octanol–water partition coefficient (Wildman–Crippen LogP) is 2.11. The third-order valence-corrected chi connectivity index (χ3v) is 4.47. The average Bonchev–Trinajstić information content (AvgIpc) is 2.73. The molecule has 0 N–H and O–H groups in total. The number of hydrogen-bond donors (Lipinski definition) is 0. The van der Waals surface area contributed by atoms with Gasteiger partial charge in [-0.05, 0) is 31.0 Å². The first-order valence-corrected chi connectivity index (χ1v) is 8.75. The number of hydrogen-bond acceptors (Lipinski definition) is 7. The summed E-state index contributed by atoms with van der Waals surface area (Å²) < 4.78 is 11.0. The zero-order valence-corrected chi connectivity index (χ0v) is 14.9. The SMILES string of the molecule is COc1cncc(O[C@@H]2CCCN(C(=O)c3ccc4nccnc4c3)C2)n1. The number of ether oxygens (including phenoxy) is 2. The van der Waals surface area contributed by atoms with E-state index in [4.69, 9.17) is 9.47 Å². The molecule has 3 aromatic rings. The Morgan fingerprint density at radius 1 is 1.15 bits per heavy atom. The maximum absolute atomic E-state index is 12.9. The Balaban J connectivity index is 1.47. The van der Waals surface area contributed by atoms with Gasteiger partial charge in [0.25, 0.3) is 5.91 Å². The Labute approximate surface area is 156 Å². The Morgan fingerprint density at radius 3 is 2.81 bits per heavy atom. The topological polar surface area (TPSA) is 90.3 Å². The number of rotatable bonds is 4. The fraction of sp³-hybridized carbons (Fsp3) is 0.316. The zero-order chi connectivity index (χ0) is 18.6. The molecule has 0 saturated carbocycles. The molecule has 3 heterocycles. The van der Waals surface area contributed by atoms with Crippen LogP contribution in [0.4, 0.5) is 0 Å². The molecule has 1 atom stereocenters. The molecule has 1 aliphatic rings. The average molecular weight is 365 g/mol. The van der Waals surface area contributed by atoms with Crippen LogP contribution in [0.15, 0.2) is 43.0 Å². The summed E-state index contributed by atoms with van der Waals surface area (Å²) in [5.41, 5.74) is 2.08. The van der Waals surface area contributed by atoms with Gasteiger partial charge in [-0.3, -0.25) is 19.7 Å². The van der Waals surface area contributed by atoms with E-state index in [0.29, 0.717) is 35.9 Å².